The molecule has 3 heteroatoms. The van der Waals surface area contributed by atoms with E-state index in [-0.39, 0.29) is 5.91 Å². The SMILES string of the molecule is CCCCCCCC/C=C\CCCCCCCCO.CCCCCCCCCCCCCCCC(N)=O. The minimum absolute atomic E-state index is 0.155. The van der Waals surface area contributed by atoms with Crippen LogP contribution in [0.5, 0.6) is 0 Å². The van der Waals surface area contributed by atoms with Crippen LogP contribution in [0.3, 0.4) is 0 Å². The molecule has 0 aliphatic rings. The van der Waals surface area contributed by atoms with Crippen molar-refractivity contribution >= 4 is 5.91 Å². The number of primary amides is 1. The van der Waals surface area contributed by atoms with Crippen molar-refractivity contribution in [2.24, 2.45) is 5.73 Å². The summed E-state index contributed by atoms with van der Waals surface area (Å²) in [7, 11) is 0. The van der Waals surface area contributed by atoms with Gasteiger partial charge >= 0.3 is 0 Å². The van der Waals surface area contributed by atoms with E-state index >= 15 is 0 Å². The molecule has 0 heterocycles. The van der Waals surface area contributed by atoms with Crippen LogP contribution < -0.4 is 5.73 Å². The topological polar surface area (TPSA) is 63.3 Å². The summed E-state index contributed by atoms with van der Waals surface area (Å²) >= 11 is 0. The fourth-order valence-corrected chi connectivity index (χ4v) is 4.68. The first kappa shape index (κ1) is 38.3. The maximum Gasteiger partial charge on any atom is 0.217 e. The van der Waals surface area contributed by atoms with Gasteiger partial charge in [0.1, 0.15) is 0 Å². The van der Waals surface area contributed by atoms with Crippen LogP contribution in [0, 0.1) is 0 Å². The van der Waals surface area contributed by atoms with Crippen molar-refractivity contribution in [2.45, 2.75) is 194 Å². The van der Waals surface area contributed by atoms with Gasteiger partial charge in [-0.25, -0.2) is 0 Å². The highest BCUT2D eigenvalue weighted by atomic mass is 16.2. The van der Waals surface area contributed by atoms with E-state index in [2.05, 4.69) is 26.0 Å². The van der Waals surface area contributed by atoms with Gasteiger partial charge in [0.2, 0.25) is 5.91 Å². The second kappa shape index (κ2) is 37.3. The van der Waals surface area contributed by atoms with Gasteiger partial charge < -0.3 is 10.8 Å². The number of unbranched alkanes of at least 4 members (excludes halogenated alkanes) is 24. The number of carbonyl (C=O) groups excluding carboxylic acids is 1. The van der Waals surface area contributed by atoms with Crippen LogP contribution in [0.15, 0.2) is 12.2 Å². The van der Waals surface area contributed by atoms with Gasteiger partial charge in [0.15, 0.2) is 0 Å². The maximum absolute atomic E-state index is 10.5. The Hall–Kier alpha value is -0.830. The molecule has 0 bridgehead atoms. The third-order valence-electron chi connectivity index (χ3n) is 7.20. The lowest BCUT2D eigenvalue weighted by Crippen LogP contribution is -2.09. The standard InChI is InChI=1S/C18H36O.C16H33NO/c1-2-3-4-5-6-7-8-9-10-11-12-13-14-15-16-17-18-19;1-2-3-4-5-6-7-8-9-10-11-12-13-14-15-16(17)18/h9-10,19H,2-8,11-18H2,1H3;2-15H2,1H3,(H2,17,18)/b10-9-;. The number of hydrogen-bond acceptors (Lipinski definition) is 2. The van der Waals surface area contributed by atoms with Crippen molar-refractivity contribution in [3.8, 4) is 0 Å². The quantitative estimate of drug-likeness (QED) is 0.0756. The summed E-state index contributed by atoms with van der Waals surface area (Å²) in [5, 5.41) is 8.66. The number of nitrogens with two attached hydrogens (primary N) is 1. The Bertz CT molecular complexity index is 436. The normalized spacial score (nSPS) is 11.1. The molecule has 3 N–H and O–H groups in total. The van der Waals surface area contributed by atoms with Gasteiger partial charge in [0.05, 0.1) is 0 Å². The summed E-state index contributed by atoms with van der Waals surface area (Å²) in [5.74, 6) is -0.155. The molecule has 0 aromatic carbocycles. The van der Waals surface area contributed by atoms with Crippen molar-refractivity contribution in [1.82, 2.24) is 0 Å². The summed E-state index contributed by atoms with van der Waals surface area (Å²) < 4.78 is 0. The van der Waals surface area contributed by atoms with Crippen molar-refractivity contribution < 1.29 is 9.90 Å². The van der Waals surface area contributed by atoms with E-state index in [1.807, 2.05) is 0 Å². The van der Waals surface area contributed by atoms with Crippen molar-refractivity contribution in [1.29, 1.82) is 0 Å². The lowest BCUT2D eigenvalue weighted by molar-refractivity contribution is -0.118. The van der Waals surface area contributed by atoms with Gasteiger partial charge in [-0.05, 0) is 38.5 Å². The molecule has 0 aliphatic heterocycles. The summed E-state index contributed by atoms with van der Waals surface area (Å²) in [6.45, 7) is 4.90. The highest BCUT2D eigenvalue weighted by Gasteiger charge is 1.96. The molecule has 0 aliphatic carbocycles. The zero-order valence-corrected chi connectivity index (χ0v) is 25.6. The summed E-state index contributed by atoms with van der Waals surface area (Å²) in [5.41, 5.74) is 5.09. The number of amides is 1. The Balaban J connectivity index is 0. The van der Waals surface area contributed by atoms with Crippen molar-refractivity contribution in [3.63, 3.8) is 0 Å². The van der Waals surface area contributed by atoms with Gasteiger partial charge in [-0.3, -0.25) is 4.79 Å². The van der Waals surface area contributed by atoms with Gasteiger partial charge in [0.25, 0.3) is 0 Å². The minimum atomic E-state index is -0.155. The third-order valence-corrected chi connectivity index (χ3v) is 7.20. The molecule has 0 aromatic rings. The van der Waals surface area contributed by atoms with Crippen LogP contribution in [0.1, 0.15) is 194 Å². The molecule has 0 saturated carbocycles. The Kier molecular flexibility index (Phi) is 38.7. The molecule has 0 spiro atoms. The Morgan fingerprint density at radius 1 is 0.486 bits per heavy atom. The van der Waals surface area contributed by atoms with E-state index in [1.165, 1.54) is 161 Å². The second-order valence-electron chi connectivity index (χ2n) is 11.1. The zero-order valence-electron chi connectivity index (χ0n) is 25.6. The highest BCUT2D eigenvalue weighted by Crippen LogP contribution is 2.13. The molecule has 0 fully saturated rings. The Morgan fingerprint density at radius 2 is 0.784 bits per heavy atom. The number of hydrogen-bond donors (Lipinski definition) is 2. The molecule has 3 nitrogen and oxygen atoms in total. The molecule has 222 valence electrons. The largest absolute Gasteiger partial charge is 0.396 e. The average Bonchev–Trinajstić information content (AvgIpc) is 2.89. The number of carbonyl (C=O) groups is 1. The Labute approximate surface area is 233 Å². The predicted octanol–water partition coefficient (Wildman–Crippen LogP) is 11.0. The van der Waals surface area contributed by atoms with E-state index in [1.54, 1.807) is 0 Å². The van der Waals surface area contributed by atoms with Crippen LogP contribution in [-0.2, 0) is 4.79 Å². The van der Waals surface area contributed by atoms with E-state index in [4.69, 9.17) is 10.8 Å². The molecule has 1 amide bonds. The summed E-state index contributed by atoms with van der Waals surface area (Å²) in [6, 6.07) is 0. The molecule has 0 atom stereocenters. The minimum Gasteiger partial charge on any atom is -0.396 e. The van der Waals surface area contributed by atoms with Gasteiger partial charge in [0, 0.05) is 13.0 Å². The smallest absolute Gasteiger partial charge is 0.217 e. The van der Waals surface area contributed by atoms with Crippen LogP contribution in [0.4, 0.5) is 0 Å². The second-order valence-corrected chi connectivity index (χ2v) is 11.1. The molecule has 0 aromatic heterocycles. The van der Waals surface area contributed by atoms with Crippen molar-refractivity contribution in [3.05, 3.63) is 12.2 Å². The lowest BCUT2D eigenvalue weighted by Gasteiger charge is -2.02. The first-order valence-electron chi connectivity index (χ1n) is 16.7. The number of aliphatic hydroxyl groups is 1. The van der Waals surface area contributed by atoms with Crippen LogP contribution in [0.2, 0.25) is 0 Å². The molecular weight excluding hydrogens is 454 g/mol. The maximum atomic E-state index is 10.5. The van der Waals surface area contributed by atoms with E-state index in [0.29, 0.717) is 13.0 Å². The summed E-state index contributed by atoms with van der Waals surface area (Å²) in [6.07, 6.45) is 41.1. The number of allylic oxidation sites excluding steroid dienone is 2. The highest BCUT2D eigenvalue weighted by molar-refractivity contribution is 5.73. The van der Waals surface area contributed by atoms with E-state index in [0.717, 1.165) is 12.8 Å². The molecule has 0 saturated heterocycles. The van der Waals surface area contributed by atoms with Gasteiger partial charge in [-0.15, -0.1) is 0 Å². The van der Waals surface area contributed by atoms with Crippen LogP contribution in [0.25, 0.3) is 0 Å². The fraction of sp³-hybridized carbons (Fsp3) is 0.912. The van der Waals surface area contributed by atoms with Crippen molar-refractivity contribution in [2.75, 3.05) is 6.61 Å². The average molecular weight is 524 g/mol. The molecule has 37 heavy (non-hydrogen) atoms. The van der Waals surface area contributed by atoms with E-state index in [9.17, 15) is 4.79 Å². The summed E-state index contributed by atoms with van der Waals surface area (Å²) in [4.78, 5) is 10.5. The molecule has 0 rings (SSSR count). The van der Waals surface area contributed by atoms with Crippen LogP contribution in [-0.4, -0.2) is 17.6 Å². The number of aliphatic hydroxyl groups excluding tert-OH is 1. The van der Waals surface area contributed by atoms with Gasteiger partial charge in [-0.2, -0.15) is 0 Å². The molecule has 0 radical (unpaired) electrons. The van der Waals surface area contributed by atoms with E-state index < -0.39 is 0 Å². The number of rotatable bonds is 29. The third kappa shape index (κ3) is 42.5. The zero-order chi connectivity index (χ0) is 27.5. The predicted molar refractivity (Wildman–Crippen MR) is 166 cm³/mol. The first-order chi connectivity index (χ1) is 18.2. The van der Waals surface area contributed by atoms with Gasteiger partial charge in [-0.1, -0.05) is 161 Å². The first-order valence-corrected chi connectivity index (χ1v) is 16.7. The van der Waals surface area contributed by atoms with Crippen LogP contribution >= 0.6 is 0 Å². The molecule has 0 unspecified atom stereocenters. The Morgan fingerprint density at radius 3 is 1.11 bits per heavy atom. The fourth-order valence-electron chi connectivity index (χ4n) is 4.68. The monoisotopic (exact) mass is 524 g/mol. The lowest BCUT2D eigenvalue weighted by atomic mass is 10.0. The molecular formula is C34H69NO2.